The molecule has 4 heteroatoms. The first-order valence-electron chi connectivity index (χ1n) is 9.57. The summed E-state index contributed by atoms with van der Waals surface area (Å²) < 4.78 is 0. The highest BCUT2D eigenvalue weighted by Gasteiger charge is 2.32. The Hall–Kier alpha value is -1.42. The van der Waals surface area contributed by atoms with E-state index in [1.165, 1.54) is 31.1 Å². The highest BCUT2D eigenvalue weighted by molar-refractivity contribution is 5.59. The van der Waals surface area contributed by atoms with E-state index in [1.54, 1.807) is 0 Å². The van der Waals surface area contributed by atoms with Crippen LogP contribution in [0.4, 0.5) is 5.82 Å². The van der Waals surface area contributed by atoms with Crippen LogP contribution in [-0.4, -0.2) is 41.8 Å². The Balaban J connectivity index is 1.41. The van der Waals surface area contributed by atoms with Crippen LogP contribution in [0.1, 0.15) is 56.9 Å². The third kappa shape index (κ3) is 4.56. The number of nitrogens with one attached hydrogen (secondary N) is 1. The van der Waals surface area contributed by atoms with E-state index >= 15 is 0 Å². The first-order valence-corrected chi connectivity index (χ1v) is 9.57. The summed E-state index contributed by atoms with van der Waals surface area (Å²) in [6.45, 7) is 5.39. The third-order valence-corrected chi connectivity index (χ3v) is 5.88. The second-order valence-electron chi connectivity index (χ2n) is 7.77. The van der Waals surface area contributed by atoms with Gasteiger partial charge in [0.05, 0.1) is 0 Å². The van der Waals surface area contributed by atoms with Crippen molar-refractivity contribution in [3.63, 3.8) is 0 Å². The van der Waals surface area contributed by atoms with E-state index in [0.717, 1.165) is 57.6 Å². The molecule has 0 bridgehead atoms. The summed E-state index contributed by atoms with van der Waals surface area (Å²) in [5, 5.41) is 3.56. The average molecular weight is 329 g/mol. The van der Waals surface area contributed by atoms with Crippen LogP contribution in [0.5, 0.6) is 0 Å². The Morgan fingerprint density at radius 3 is 2.62 bits per heavy atom. The number of rotatable bonds is 6. The molecule has 3 rings (SSSR count). The fourth-order valence-electron chi connectivity index (χ4n) is 4.13. The van der Waals surface area contributed by atoms with Crippen LogP contribution in [0.3, 0.4) is 0 Å². The Morgan fingerprint density at radius 2 is 2.00 bits per heavy atom. The molecule has 0 amide bonds. The lowest BCUT2D eigenvalue weighted by Crippen LogP contribution is -2.41. The van der Waals surface area contributed by atoms with Crippen LogP contribution in [0.15, 0.2) is 18.3 Å². The van der Waals surface area contributed by atoms with Gasteiger partial charge in [-0.25, -0.2) is 4.98 Å². The number of piperidine rings is 1. The number of nitrogens with zero attached hydrogens (tertiary/aromatic N) is 2. The van der Waals surface area contributed by atoms with E-state index in [2.05, 4.69) is 34.3 Å². The van der Waals surface area contributed by atoms with Gasteiger partial charge in [0, 0.05) is 30.7 Å². The highest BCUT2D eigenvalue weighted by Crippen LogP contribution is 2.37. The first kappa shape index (κ1) is 17.4. The number of aryl methyl sites for hydroxylation is 1. The number of carbonyl (C=O) groups excluding carboxylic acids is 1. The average Bonchev–Trinajstić information content (AvgIpc) is 2.64. The third-order valence-electron chi connectivity index (χ3n) is 5.88. The van der Waals surface area contributed by atoms with Gasteiger partial charge in [-0.05, 0) is 57.2 Å². The van der Waals surface area contributed by atoms with Gasteiger partial charge in [0.1, 0.15) is 12.1 Å². The Labute approximate surface area is 146 Å². The maximum atomic E-state index is 11.6. The molecule has 2 fully saturated rings. The van der Waals surface area contributed by atoms with E-state index in [-0.39, 0.29) is 5.41 Å². The summed E-state index contributed by atoms with van der Waals surface area (Å²) in [4.78, 5) is 18.6. The molecular formula is C20H31N3O. The van der Waals surface area contributed by atoms with Crippen molar-refractivity contribution in [3.05, 3.63) is 23.9 Å². The molecule has 2 heterocycles. The van der Waals surface area contributed by atoms with Crippen LogP contribution in [0.2, 0.25) is 0 Å². The monoisotopic (exact) mass is 329 g/mol. The number of pyridine rings is 1. The molecule has 0 atom stereocenters. The molecule has 1 saturated carbocycles. The maximum Gasteiger partial charge on any atom is 0.126 e. The SMILES string of the molecule is Cc1ccc(NC2CCN(CCC3(C=O)CCCCC3)CC2)nc1. The van der Waals surface area contributed by atoms with Crippen LogP contribution in [0.25, 0.3) is 0 Å². The molecule has 0 unspecified atom stereocenters. The van der Waals surface area contributed by atoms with Crippen LogP contribution < -0.4 is 5.32 Å². The van der Waals surface area contributed by atoms with Crippen molar-refractivity contribution < 1.29 is 4.79 Å². The molecule has 0 radical (unpaired) electrons. The maximum absolute atomic E-state index is 11.6. The number of hydrogen-bond acceptors (Lipinski definition) is 4. The number of anilines is 1. The molecule has 1 aromatic heterocycles. The van der Waals surface area contributed by atoms with Crippen molar-refractivity contribution in [2.45, 2.75) is 64.3 Å². The normalized spacial score (nSPS) is 22.2. The van der Waals surface area contributed by atoms with Crippen molar-refractivity contribution >= 4 is 12.1 Å². The van der Waals surface area contributed by atoms with Crippen molar-refractivity contribution in [1.82, 2.24) is 9.88 Å². The minimum Gasteiger partial charge on any atom is -0.367 e. The molecule has 4 nitrogen and oxygen atoms in total. The summed E-state index contributed by atoms with van der Waals surface area (Å²) >= 11 is 0. The van der Waals surface area contributed by atoms with E-state index < -0.39 is 0 Å². The molecule has 132 valence electrons. The highest BCUT2D eigenvalue weighted by atomic mass is 16.1. The van der Waals surface area contributed by atoms with Crippen LogP contribution >= 0.6 is 0 Å². The quantitative estimate of drug-likeness (QED) is 0.806. The zero-order valence-corrected chi connectivity index (χ0v) is 15.0. The first-order chi connectivity index (χ1) is 11.7. The zero-order chi connectivity index (χ0) is 16.8. The van der Waals surface area contributed by atoms with E-state index in [9.17, 15) is 4.79 Å². The largest absolute Gasteiger partial charge is 0.367 e. The Kier molecular flexibility index (Phi) is 5.88. The van der Waals surface area contributed by atoms with E-state index in [0.29, 0.717) is 6.04 Å². The molecule has 1 aromatic rings. The van der Waals surface area contributed by atoms with Gasteiger partial charge in [0.2, 0.25) is 0 Å². The topological polar surface area (TPSA) is 45.2 Å². The molecule has 0 spiro atoms. The van der Waals surface area contributed by atoms with Crippen molar-refractivity contribution in [3.8, 4) is 0 Å². The van der Waals surface area contributed by atoms with E-state index in [4.69, 9.17) is 0 Å². The van der Waals surface area contributed by atoms with Crippen molar-refractivity contribution in [1.29, 1.82) is 0 Å². The number of aromatic nitrogens is 1. The van der Waals surface area contributed by atoms with Gasteiger partial charge in [-0.15, -0.1) is 0 Å². The molecule has 2 aliphatic rings. The number of likely N-dealkylation sites (tertiary alicyclic amines) is 1. The standard InChI is InChI=1S/C20H31N3O/c1-17-5-6-19(21-15-17)22-18-7-12-23(13-8-18)14-11-20(16-24)9-3-2-4-10-20/h5-6,15-16,18H,2-4,7-14H2,1H3,(H,21,22). The molecule has 1 saturated heterocycles. The Bertz CT molecular complexity index is 514. The molecular weight excluding hydrogens is 298 g/mol. The zero-order valence-electron chi connectivity index (χ0n) is 15.0. The summed E-state index contributed by atoms with van der Waals surface area (Å²) in [5.74, 6) is 0.987. The van der Waals surface area contributed by atoms with Gasteiger partial charge in [0.25, 0.3) is 0 Å². The number of carbonyl (C=O) groups is 1. The van der Waals surface area contributed by atoms with Gasteiger partial charge in [-0.3, -0.25) is 0 Å². The fraction of sp³-hybridized carbons (Fsp3) is 0.700. The Morgan fingerprint density at radius 1 is 1.25 bits per heavy atom. The van der Waals surface area contributed by atoms with Crippen molar-refractivity contribution in [2.75, 3.05) is 25.0 Å². The lowest BCUT2D eigenvalue weighted by Gasteiger charge is -2.37. The minimum atomic E-state index is -0.0147. The number of hydrogen-bond donors (Lipinski definition) is 1. The molecule has 1 N–H and O–H groups in total. The van der Waals surface area contributed by atoms with E-state index in [1.807, 2.05) is 6.20 Å². The van der Waals surface area contributed by atoms with Gasteiger partial charge >= 0.3 is 0 Å². The lowest BCUT2D eigenvalue weighted by atomic mass is 9.73. The van der Waals surface area contributed by atoms with Crippen molar-refractivity contribution in [2.24, 2.45) is 5.41 Å². The fourth-order valence-corrected chi connectivity index (χ4v) is 4.13. The van der Waals surface area contributed by atoms with Gasteiger partial charge in [-0.2, -0.15) is 0 Å². The second-order valence-corrected chi connectivity index (χ2v) is 7.77. The van der Waals surface area contributed by atoms with Gasteiger partial charge in [-0.1, -0.05) is 25.3 Å². The predicted molar refractivity (Wildman–Crippen MR) is 98.3 cm³/mol. The summed E-state index contributed by atoms with van der Waals surface area (Å²) in [5.41, 5.74) is 1.18. The molecule has 1 aliphatic carbocycles. The van der Waals surface area contributed by atoms with Gasteiger partial charge in [0.15, 0.2) is 0 Å². The summed E-state index contributed by atoms with van der Waals surface area (Å²) in [6, 6.07) is 4.69. The van der Waals surface area contributed by atoms with Gasteiger partial charge < -0.3 is 15.0 Å². The predicted octanol–water partition coefficient (Wildman–Crippen LogP) is 3.81. The minimum absolute atomic E-state index is 0.0147. The summed E-state index contributed by atoms with van der Waals surface area (Å²) in [7, 11) is 0. The molecule has 1 aliphatic heterocycles. The van der Waals surface area contributed by atoms with Crippen LogP contribution in [-0.2, 0) is 4.79 Å². The molecule has 0 aromatic carbocycles. The smallest absolute Gasteiger partial charge is 0.126 e. The lowest BCUT2D eigenvalue weighted by molar-refractivity contribution is -0.118. The number of aldehydes is 1. The van der Waals surface area contributed by atoms with Crippen LogP contribution in [0, 0.1) is 12.3 Å². The molecule has 24 heavy (non-hydrogen) atoms. The second kappa shape index (κ2) is 8.11. The summed E-state index contributed by atoms with van der Waals surface area (Å²) in [6.07, 6.45) is 12.5.